The predicted molar refractivity (Wildman–Crippen MR) is 70.7 cm³/mol. The van der Waals surface area contributed by atoms with E-state index in [1.54, 1.807) is 13.0 Å². The van der Waals surface area contributed by atoms with Crippen LogP contribution in [0.1, 0.15) is 18.9 Å². The molecule has 1 unspecified atom stereocenters. The molecule has 0 aromatic heterocycles. The number of nitrogens with one attached hydrogen (secondary N) is 1. The topological polar surface area (TPSA) is 47.6 Å². The fraction of sp³-hybridized carbons (Fsp3) is 0.500. The molecule has 106 valence electrons. The van der Waals surface area contributed by atoms with Gasteiger partial charge < -0.3 is 14.8 Å². The molecule has 0 aliphatic rings. The van der Waals surface area contributed by atoms with E-state index >= 15 is 0 Å². The maximum atomic E-state index is 13.0. The van der Waals surface area contributed by atoms with Gasteiger partial charge in [-0.05, 0) is 43.7 Å². The van der Waals surface area contributed by atoms with Crippen LogP contribution in [-0.4, -0.2) is 32.3 Å². The molecule has 1 aromatic rings. The Bertz CT molecular complexity index is 423. The van der Waals surface area contributed by atoms with E-state index < -0.39 is 6.04 Å². The highest BCUT2D eigenvalue weighted by Crippen LogP contribution is 2.18. The maximum absolute atomic E-state index is 13.0. The molecule has 1 N–H and O–H groups in total. The summed E-state index contributed by atoms with van der Waals surface area (Å²) in [5, 5.41) is 3.05. The van der Waals surface area contributed by atoms with E-state index in [1.165, 1.54) is 19.2 Å². The molecule has 0 radical (unpaired) electrons. The van der Waals surface area contributed by atoms with Crippen LogP contribution in [0.3, 0.4) is 0 Å². The Morgan fingerprint density at radius 3 is 2.79 bits per heavy atom. The second kappa shape index (κ2) is 7.74. The number of carbonyl (C=O) groups excluding carboxylic acids is 1. The van der Waals surface area contributed by atoms with Crippen LogP contribution in [0.2, 0.25) is 0 Å². The van der Waals surface area contributed by atoms with E-state index in [1.807, 2.05) is 6.92 Å². The zero-order valence-corrected chi connectivity index (χ0v) is 11.5. The lowest BCUT2D eigenvalue weighted by molar-refractivity contribution is -0.143. The lowest BCUT2D eigenvalue weighted by Gasteiger charge is -2.17. The summed E-state index contributed by atoms with van der Waals surface area (Å²) in [5.41, 5.74) is 0.694. The SMILES string of the molecule is CCCNC(COc1ccc(F)cc1C)C(=O)OC. The zero-order valence-electron chi connectivity index (χ0n) is 11.5. The summed E-state index contributed by atoms with van der Waals surface area (Å²) in [6, 6.07) is 3.75. The molecule has 0 saturated carbocycles. The first kappa shape index (κ1) is 15.4. The molecule has 0 aliphatic heterocycles. The smallest absolute Gasteiger partial charge is 0.326 e. The molecule has 0 spiro atoms. The summed E-state index contributed by atoms with van der Waals surface area (Å²) >= 11 is 0. The molecule has 0 aliphatic carbocycles. The van der Waals surface area contributed by atoms with Crippen LogP contribution in [0, 0.1) is 12.7 Å². The molecule has 0 heterocycles. The first-order chi connectivity index (χ1) is 9.08. The fourth-order valence-electron chi connectivity index (χ4n) is 1.62. The highest BCUT2D eigenvalue weighted by Gasteiger charge is 2.19. The second-order valence-electron chi connectivity index (χ2n) is 4.25. The molecular formula is C14H20FNO3. The van der Waals surface area contributed by atoms with Gasteiger partial charge in [0.05, 0.1) is 7.11 Å². The second-order valence-corrected chi connectivity index (χ2v) is 4.25. The number of methoxy groups -OCH3 is 1. The van der Waals surface area contributed by atoms with Crippen molar-refractivity contribution in [3.8, 4) is 5.75 Å². The summed E-state index contributed by atoms with van der Waals surface area (Å²) in [4.78, 5) is 11.6. The van der Waals surface area contributed by atoms with E-state index in [0.29, 0.717) is 17.9 Å². The van der Waals surface area contributed by atoms with Crippen molar-refractivity contribution in [2.24, 2.45) is 0 Å². The monoisotopic (exact) mass is 269 g/mol. The quantitative estimate of drug-likeness (QED) is 0.770. The van der Waals surface area contributed by atoms with E-state index in [-0.39, 0.29) is 18.4 Å². The van der Waals surface area contributed by atoms with Crippen LogP contribution in [0.5, 0.6) is 5.75 Å². The van der Waals surface area contributed by atoms with Crippen molar-refractivity contribution in [3.05, 3.63) is 29.6 Å². The lowest BCUT2D eigenvalue weighted by atomic mass is 10.2. The van der Waals surface area contributed by atoms with Crippen LogP contribution in [0.25, 0.3) is 0 Å². The van der Waals surface area contributed by atoms with E-state index in [9.17, 15) is 9.18 Å². The summed E-state index contributed by atoms with van der Waals surface area (Å²) in [7, 11) is 1.34. The van der Waals surface area contributed by atoms with Gasteiger partial charge in [-0.2, -0.15) is 0 Å². The molecule has 0 saturated heterocycles. The van der Waals surface area contributed by atoms with Gasteiger partial charge in [0.25, 0.3) is 0 Å². The van der Waals surface area contributed by atoms with Gasteiger partial charge in [0.15, 0.2) is 0 Å². The highest BCUT2D eigenvalue weighted by molar-refractivity contribution is 5.75. The molecule has 5 heteroatoms. The number of halogens is 1. The average molecular weight is 269 g/mol. The van der Waals surface area contributed by atoms with E-state index in [0.717, 1.165) is 6.42 Å². The first-order valence-electron chi connectivity index (χ1n) is 6.28. The standard InChI is InChI=1S/C14H20FNO3/c1-4-7-16-12(14(17)18-3)9-19-13-6-5-11(15)8-10(13)2/h5-6,8,12,16H,4,7,9H2,1-3H3. The molecular weight excluding hydrogens is 249 g/mol. The number of rotatable bonds is 7. The van der Waals surface area contributed by atoms with Gasteiger partial charge in [0.2, 0.25) is 0 Å². The third-order valence-electron chi connectivity index (χ3n) is 2.67. The Balaban J connectivity index is 2.62. The fourth-order valence-corrected chi connectivity index (χ4v) is 1.62. The van der Waals surface area contributed by atoms with Crippen molar-refractivity contribution in [1.82, 2.24) is 5.32 Å². The van der Waals surface area contributed by atoms with Gasteiger partial charge in [0.1, 0.15) is 24.2 Å². The molecule has 1 rings (SSSR count). The number of esters is 1. The molecule has 0 fully saturated rings. The third-order valence-corrected chi connectivity index (χ3v) is 2.67. The zero-order chi connectivity index (χ0) is 14.3. The number of ether oxygens (including phenoxy) is 2. The Morgan fingerprint density at radius 2 is 2.21 bits per heavy atom. The Labute approximate surface area is 112 Å². The molecule has 19 heavy (non-hydrogen) atoms. The summed E-state index contributed by atoms with van der Waals surface area (Å²) in [6.07, 6.45) is 0.906. The number of hydrogen-bond donors (Lipinski definition) is 1. The number of aryl methyl sites for hydroxylation is 1. The van der Waals surface area contributed by atoms with Crippen LogP contribution in [-0.2, 0) is 9.53 Å². The minimum atomic E-state index is -0.519. The number of hydrogen-bond acceptors (Lipinski definition) is 4. The van der Waals surface area contributed by atoms with Gasteiger partial charge >= 0.3 is 5.97 Å². The number of benzene rings is 1. The molecule has 0 bridgehead atoms. The van der Waals surface area contributed by atoms with Crippen LogP contribution >= 0.6 is 0 Å². The molecule has 4 nitrogen and oxygen atoms in total. The molecule has 1 aromatic carbocycles. The van der Waals surface area contributed by atoms with Crippen molar-refractivity contribution < 1.29 is 18.7 Å². The van der Waals surface area contributed by atoms with Gasteiger partial charge in [-0.1, -0.05) is 6.92 Å². The average Bonchev–Trinajstić information content (AvgIpc) is 2.40. The number of carbonyl (C=O) groups is 1. The van der Waals surface area contributed by atoms with Crippen molar-refractivity contribution >= 4 is 5.97 Å². The van der Waals surface area contributed by atoms with Crippen molar-refractivity contribution in [1.29, 1.82) is 0 Å². The highest BCUT2D eigenvalue weighted by atomic mass is 19.1. The van der Waals surface area contributed by atoms with E-state index in [4.69, 9.17) is 9.47 Å². The van der Waals surface area contributed by atoms with Gasteiger partial charge in [-0.25, -0.2) is 4.39 Å². The Morgan fingerprint density at radius 1 is 1.47 bits per heavy atom. The van der Waals surface area contributed by atoms with E-state index in [2.05, 4.69) is 5.32 Å². The predicted octanol–water partition coefficient (Wildman–Crippen LogP) is 2.05. The Hall–Kier alpha value is -1.62. The minimum absolute atomic E-state index is 0.152. The first-order valence-corrected chi connectivity index (χ1v) is 6.28. The maximum Gasteiger partial charge on any atom is 0.326 e. The van der Waals surface area contributed by atoms with Gasteiger partial charge in [-0.15, -0.1) is 0 Å². The van der Waals surface area contributed by atoms with Crippen LogP contribution < -0.4 is 10.1 Å². The Kier molecular flexibility index (Phi) is 6.29. The normalized spacial score (nSPS) is 12.0. The largest absolute Gasteiger partial charge is 0.491 e. The molecule has 0 amide bonds. The van der Waals surface area contributed by atoms with Gasteiger partial charge in [0, 0.05) is 0 Å². The minimum Gasteiger partial charge on any atom is -0.491 e. The van der Waals surface area contributed by atoms with Crippen LogP contribution in [0.15, 0.2) is 18.2 Å². The summed E-state index contributed by atoms with van der Waals surface area (Å²) in [6.45, 7) is 4.61. The molecule has 1 atom stereocenters. The van der Waals surface area contributed by atoms with Crippen molar-refractivity contribution in [2.45, 2.75) is 26.3 Å². The summed E-state index contributed by atoms with van der Waals surface area (Å²) in [5.74, 6) is -0.111. The van der Waals surface area contributed by atoms with Gasteiger partial charge in [-0.3, -0.25) is 4.79 Å². The van der Waals surface area contributed by atoms with Crippen molar-refractivity contribution in [2.75, 3.05) is 20.3 Å². The lowest BCUT2D eigenvalue weighted by Crippen LogP contribution is -2.42. The van der Waals surface area contributed by atoms with Crippen molar-refractivity contribution in [3.63, 3.8) is 0 Å². The van der Waals surface area contributed by atoms with Crippen LogP contribution in [0.4, 0.5) is 4.39 Å². The summed E-state index contributed by atoms with van der Waals surface area (Å²) < 4.78 is 23.2. The third kappa shape index (κ3) is 4.87.